The van der Waals surface area contributed by atoms with Crippen molar-refractivity contribution in [1.82, 2.24) is 10.3 Å². The summed E-state index contributed by atoms with van der Waals surface area (Å²) < 4.78 is 0. The summed E-state index contributed by atoms with van der Waals surface area (Å²) in [4.78, 5) is 6.87. The van der Waals surface area contributed by atoms with Gasteiger partial charge in [-0.2, -0.15) is 0 Å². The SMILES string of the molecule is CNC(C)c1ccc(N2CCC(CCO)C2)cn1. The first-order chi connectivity index (χ1) is 8.74. The minimum Gasteiger partial charge on any atom is -0.396 e. The van der Waals surface area contributed by atoms with Crippen molar-refractivity contribution in [2.75, 3.05) is 31.6 Å². The van der Waals surface area contributed by atoms with E-state index in [0.717, 1.165) is 25.2 Å². The van der Waals surface area contributed by atoms with Gasteiger partial charge in [0.15, 0.2) is 0 Å². The zero-order valence-electron chi connectivity index (χ0n) is 11.3. The molecule has 1 fully saturated rings. The van der Waals surface area contributed by atoms with Crippen molar-refractivity contribution < 1.29 is 5.11 Å². The predicted molar refractivity (Wildman–Crippen MR) is 73.7 cm³/mol. The maximum absolute atomic E-state index is 8.97. The molecule has 1 aromatic heterocycles. The zero-order valence-corrected chi connectivity index (χ0v) is 11.3. The molecule has 2 rings (SSSR count). The van der Waals surface area contributed by atoms with E-state index in [-0.39, 0.29) is 0 Å². The Hall–Kier alpha value is -1.13. The molecule has 0 aromatic carbocycles. The Bertz CT molecular complexity index is 366. The van der Waals surface area contributed by atoms with Crippen molar-refractivity contribution in [2.24, 2.45) is 5.92 Å². The highest BCUT2D eigenvalue weighted by atomic mass is 16.3. The van der Waals surface area contributed by atoms with Crippen molar-refractivity contribution in [1.29, 1.82) is 0 Å². The first kappa shape index (κ1) is 13.3. The first-order valence-corrected chi connectivity index (χ1v) is 6.73. The highest BCUT2D eigenvalue weighted by Crippen LogP contribution is 2.25. The topological polar surface area (TPSA) is 48.4 Å². The number of rotatable bonds is 5. The number of aliphatic hydroxyl groups excluding tert-OH is 1. The first-order valence-electron chi connectivity index (χ1n) is 6.73. The number of nitrogens with zero attached hydrogens (tertiary/aromatic N) is 2. The van der Waals surface area contributed by atoms with Crippen LogP contribution in [0.3, 0.4) is 0 Å². The van der Waals surface area contributed by atoms with Gasteiger partial charge < -0.3 is 15.3 Å². The quantitative estimate of drug-likeness (QED) is 0.831. The average Bonchev–Trinajstić information content (AvgIpc) is 2.87. The van der Waals surface area contributed by atoms with Crippen LogP contribution < -0.4 is 10.2 Å². The molecule has 2 N–H and O–H groups in total. The smallest absolute Gasteiger partial charge is 0.0571 e. The van der Waals surface area contributed by atoms with Crippen LogP contribution in [0, 0.1) is 5.92 Å². The lowest BCUT2D eigenvalue weighted by atomic mass is 10.1. The van der Waals surface area contributed by atoms with Gasteiger partial charge in [0.05, 0.1) is 17.6 Å². The van der Waals surface area contributed by atoms with Gasteiger partial charge in [0.1, 0.15) is 0 Å². The molecule has 2 heterocycles. The van der Waals surface area contributed by atoms with E-state index in [4.69, 9.17) is 5.11 Å². The monoisotopic (exact) mass is 249 g/mol. The molecule has 2 atom stereocenters. The van der Waals surface area contributed by atoms with Crippen LogP contribution in [0.2, 0.25) is 0 Å². The van der Waals surface area contributed by atoms with Gasteiger partial charge in [-0.1, -0.05) is 0 Å². The lowest BCUT2D eigenvalue weighted by molar-refractivity contribution is 0.263. The van der Waals surface area contributed by atoms with Crippen LogP contribution in [0.4, 0.5) is 5.69 Å². The maximum Gasteiger partial charge on any atom is 0.0571 e. The molecule has 0 bridgehead atoms. The Labute approximate surface area is 109 Å². The molecule has 0 aliphatic carbocycles. The Balaban J connectivity index is 1.98. The van der Waals surface area contributed by atoms with Gasteiger partial charge in [0, 0.05) is 25.7 Å². The van der Waals surface area contributed by atoms with Gasteiger partial charge in [-0.05, 0) is 44.9 Å². The van der Waals surface area contributed by atoms with Gasteiger partial charge in [0.2, 0.25) is 0 Å². The third-order valence-electron chi connectivity index (χ3n) is 3.84. The van der Waals surface area contributed by atoms with Crippen LogP contribution >= 0.6 is 0 Å². The van der Waals surface area contributed by atoms with E-state index in [1.165, 1.54) is 12.1 Å². The van der Waals surface area contributed by atoms with E-state index in [2.05, 4.69) is 34.3 Å². The van der Waals surface area contributed by atoms with Crippen LogP contribution in [0.15, 0.2) is 18.3 Å². The zero-order chi connectivity index (χ0) is 13.0. The van der Waals surface area contributed by atoms with Gasteiger partial charge in [0.25, 0.3) is 0 Å². The highest BCUT2D eigenvalue weighted by molar-refractivity contribution is 5.45. The van der Waals surface area contributed by atoms with Gasteiger partial charge in [-0.3, -0.25) is 4.98 Å². The van der Waals surface area contributed by atoms with E-state index in [1.807, 2.05) is 13.2 Å². The molecule has 100 valence electrons. The number of anilines is 1. The highest BCUT2D eigenvalue weighted by Gasteiger charge is 2.22. The molecule has 0 saturated carbocycles. The number of hydrogen-bond donors (Lipinski definition) is 2. The number of nitrogens with one attached hydrogen (secondary N) is 1. The lowest BCUT2D eigenvalue weighted by Gasteiger charge is -2.19. The second-order valence-corrected chi connectivity index (χ2v) is 5.06. The summed E-state index contributed by atoms with van der Waals surface area (Å²) in [7, 11) is 1.94. The summed E-state index contributed by atoms with van der Waals surface area (Å²) in [5.41, 5.74) is 2.27. The number of aromatic nitrogens is 1. The number of aliphatic hydroxyl groups is 1. The molecular weight excluding hydrogens is 226 g/mol. The normalized spacial score (nSPS) is 21.3. The fourth-order valence-electron chi connectivity index (χ4n) is 2.47. The van der Waals surface area contributed by atoms with E-state index in [9.17, 15) is 0 Å². The Kier molecular flexibility index (Phi) is 4.55. The molecule has 0 spiro atoms. The molecule has 4 nitrogen and oxygen atoms in total. The van der Waals surface area contributed by atoms with Gasteiger partial charge in [-0.15, -0.1) is 0 Å². The molecule has 1 aromatic rings. The molecule has 0 radical (unpaired) electrons. The minimum atomic E-state index is 0.291. The Morgan fingerprint density at radius 3 is 3.00 bits per heavy atom. The van der Waals surface area contributed by atoms with E-state index in [0.29, 0.717) is 18.6 Å². The standard InChI is InChI=1S/C14H23N3O/c1-11(15-2)14-4-3-13(9-16-14)17-7-5-12(10-17)6-8-18/h3-4,9,11-12,15,18H,5-8,10H2,1-2H3. The third kappa shape index (κ3) is 3.00. The Morgan fingerprint density at radius 2 is 2.39 bits per heavy atom. The fourth-order valence-corrected chi connectivity index (χ4v) is 2.47. The molecule has 2 unspecified atom stereocenters. The lowest BCUT2D eigenvalue weighted by Crippen LogP contribution is -2.20. The summed E-state index contributed by atoms with van der Waals surface area (Å²) in [5.74, 6) is 0.630. The summed E-state index contributed by atoms with van der Waals surface area (Å²) in [5, 5.41) is 12.2. The molecule has 1 saturated heterocycles. The van der Waals surface area contributed by atoms with Crippen LogP contribution in [0.1, 0.15) is 31.5 Å². The second kappa shape index (κ2) is 6.16. The van der Waals surface area contributed by atoms with E-state index < -0.39 is 0 Å². The van der Waals surface area contributed by atoms with Crippen LogP contribution in [-0.2, 0) is 0 Å². The molecule has 1 aliphatic rings. The molecule has 4 heteroatoms. The van der Waals surface area contributed by atoms with Crippen LogP contribution in [-0.4, -0.2) is 36.8 Å². The Morgan fingerprint density at radius 1 is 1.56 bits per heavy atom. The molecule has 1 aliphatic heterocycles. The van der Waals surface area contributed by atoms with Crippen LogP contribution in [0.5, 0.6) is 0 Å². The number of hydrogen-bond acceptors (Lipinski definition) is 4. The van der Waals surface area contributed by atoms with Crippen molar-refractivity contribution in [3.63, 3.8) is 0 Å². The van der Waals surface area contributed by atoms with Gasteiger partial charge in [-0.25, -0.2) is 0 Å². The van der Waals surface area contributed by atoms with Crippen molar-refractivity contribution >= 4 is 5.69 Å². The largest absolute Gasteiger partial charge is 0.396 e. The van der Waals surface area contributed by atoms with Crippen LogP contribution in [0.25, 0.3) is 0 Å². The second-order valence-electron chi connectivity index (χ2n) is 5.06. The third-order valence-corrected chi connectivity index (χ3v) is 3.84. The van der Waals surface area contributed by atoms with Crippen molar-refractivity contribution in [3.05, 3.63) is 24.0 Å². The van der Waals surface area contributed by atoms with E-state index in [1.54, 1.807) is 0 Å². The summed E-state index contributed by atoms with van der Waals surface area (Å²) in [6.45, 7) is 4.53. The average molecular weight is 249 g/mol. The van der Waals surface area contributed by atoms with Gasteiger partial charge >= 0.3 is 0 Å². The fraction of sp³-hybridized carbons (Fsp3) is 0.643. The molecular formula is C14H23N3O. The maximum atomic E-state index is 8.97. The van der Waals surface area contributed by atoms with Crippen molar-refractivity contribution in [3.8, 4) is 0 Å². The van der Waals surface area contributed by atoms with E-state index >= 15 is 0 Å². The summed E-state index contributed by atoms with van der Waals surface area (Å²) >= 11 is 0. The minimum absolute atomic E-state index is 0.291. The number of pyridine rings is 1. The van der Waals surface area contributed by atoms with Crippen molar-refractivity contribution in [2.45, 2.75) is 25.8 Å². The predicted octanol–water partition coefficient (Wildman–Crippen LogP) is 1.57. The molecule has 18 heavy (non-hydrogen) atoms. The molecule has 0 amide bonds. The summed E-state index contributed by atoms with van der Waals surface area (Å²) in [6.07, 6.45) is 4.05. The summed E-state index contributed by atoms with van der Waals surface area (Å²) in [6, 6.07) is 4.53.